The van der Waals surface area contributed by atoms with Crippen LogP contribution in [0.4, 0.5) is 11.8 Å². The van der Waals surface area contributed by atoms with Crippen LogP contribution in [0.5, 0.6) is 0 Å². The van der Waals surface area contributed by atoms with Gasteiger partial charge >= 0.3 is 0 Å². The summed E-state index contributed by atoms with van der Waals surface area (Å²) in [5, 5.41) is 2.95. The van der Waals surface area contributed by atoms with Crippen molar-refractivity contribution in [3.8, 4) is 0 Å². The van der Waals surface area contributed by atoms with E-state index >= 15 is 0 Å². The molecule has 0 saturated carbocycles. The first-order valence-electron chi connectivity index (χ1n) is 4.95. The van der Waals surface area contributed by atoms with Crippen molar-refractivity contribution < 1.29 is 4.79 Å². The molecule has 0 bridgehead atoms. The third-order valence-electron chi connectivity index (χ3n) is 1.96. The molecule has 0 radical (unpaired) electrons. The molecule has 0 aliphatic carbocycles. The van der Waals surface area contributed by atoms with Crippen molar-refractivity contribution in [2.75, 3.05) is 45.0 Å². The van der Waals surface area contributed by atoms with Gasteiger partial charge in [-0.2, -0.15) is 4.98 Å². The third kappa shape index (κ3) is 3.38. The second kappa shape index (κ2) is 5.29. The summed E-state index contributed by atoms with van der Waals surface area (Å²) in [7, 11) is 7.17. The molecule has 0 aromatic carbocycles. The molecule has 88 valence electrons. The predicted octanol–water partition coefficient (Wildman–Crippen LogP) is 0.0427. The Morgan fingerprint density at radius 1 is 1.38 bits per heavy atom. The molecule has 16 heavy (non-hydrogen) atoms. The molecule has 1 N–H and O–H groups in total. The maximum Gasteiger partial charge on any atom is 0.241 e. The number of nitrogens with one attached hydrogen (secondary N) is 1. The number of hydrogen-bond acceptors (Lipinski definition) is 5. The number of carbonyl (C=O) groups is 1. The molecule has 0 fully saturated rings. The van der Waals surface area contributed by atoms with Crippen LogP contribution in [0, 0.1) is 0 Å². The monoisotopic (exact) mass is 223 g/mol. The molecule has 0 aliphatic rings. The molecule has 6 nitrogen and oxygen atoms in total. The van der Waals surface area contributed by atoms with Gasteiger partial charge in [0.1, 0.15) is 5.82 Å². The van der Waals surface area contributed by atoms with E-state index in [0.717, 1.165) is 0 Å². The fraction of sp³-hybridized carbons (Fsp3) is 0.500. The Morgan fingerprint density at radius 2 is 2.06 bits per heavy atom. The second-order valence-electron chi connectivity index (χ2n) is 3.78. The molecule has 0 saturated heterocycles. The summed E-state index contributed by atoms with van der Waals surface area (Å²) in [6, 6.07) is 1.73. The second-order valence-corrected chi connectivity index (χ2v) is 3.78. The Balaban J connectivity index is 2.61. The molecule has 1 amide bonds. The summed E-state index contributed by atoms with van der Waals surface area (Å²) in [4.78, 5) is 23.0. The van der Waals surface area contributed by atoms with E-state index in [4.69, 9.17) is 0 Å². The normalized spacial score (nSPS) is 9.75. The Hall–Kier alpha value is -1.85. The Labute approximate surface area is 95.3 Å². The van der Waals surface area contributed by atoms with Crippen molar-refractivity contribution in [3.63, 3.8) is 0 Å². The van der Waals surface area contributed by atoms with E-state index in [9.17, 15) is 4.79 Å². The minimum absolute atomic E-state index is 0.00464. The molecule has 0 aliphatic heterocycles. The molecular formula is C10H17N5O. The Bertz CT molecular complexity index is 364. The van der Waals surface area contributed by atoms with Gasteiger partial charge < -0.3 is 15.1 Å². The molecule has 1 heterocycles. The number of aromatic nitrogens is 2. The zero-order valence-corrected chi connectivity index (χ0v) is 10.1. The van der Waals surface area contributed by atoms with E-state index in [1.54, 1.807) is 31.3 Å². The van der Waals surface area contributed by atoms with E-state index in [2.05, 4.69) is 15.3 Å². The Kier molecular flexibility index (Phi) is 4.04. The van der Waals surface area contributed by atoms with Crippen molar-refractivity contribution in [1.29, 1.82) is 0 Å². The first kappa shape index (κ1) is 12.2. The average molecular weight is 223 g/mol. The quantitative estimate of drug-likeness (QED) is 0.781. The summed E-state index contributed by atoms with van der Waals surface area (Å²) in [6.45, 7) is 0.233. The molecular weight excluding hydrogens is 206 g/mol. The fourth-order valence-electron chi connectivity index (χ4n) is 0.987. The highest BCUT2D eigenvalue weighted by Crippen LogP contribution is 2.07. The van der Waals surface area contributed by atoms with Gasteiger partial charge in [0.2, 0.25) is 11.9 Å². The highest BCUT2D eigenvalue weighted by molar-refractivity contribution is 5.80. The van der Waals surface area contributed by atoms with Crippen LogP contribution >= 0.6 is 0 Å². The van der Waals surface area contributed by atoms with Crippen LogP contribution in [0.2, 0.25) is 0 Å². The highest BCUT2D eigenvalue weighted by Gasteiger charge is 2.05. The smallest absolute Gasteiger partial charge is 0.241 e. The summed E-state index contributed by atoms with van der Waals surface area (Å²) in [6.07, 6.45) is 1.66. The lowest BCUT2D eigenvalue weighted by atomic mass is 10.5. The number of rotatable bonds is 4. The molecule has 6 heteroatoms. The van der Waals surface area contributed by atoms with E-state index < -0.39 is 0 Å². The minimum Gasteiger partial charge on any atom is -0.361 e. The summed E-state index contributed by atoms with van der Waals surface area (Å²) in [5.41, 5.74) is 0. The maximum absolute atomic E-state index is 11.3. The number of amides is 1. The first-order valence-corrected chi connectivity index (χ1v) is 4.95. The summed E-state index contributed by atoms with van der Waals surface area (Å²) in [5.74, 6) is 1.27. The standard InChI is InChI=1S/C10H17N5O/c1-14(2)9(16)7-12-8-5-6-11-10(13-8)15(3)4/h5-6H,7H2,1-4H3,(H,11,12,13). The molecule has 1 aromatic rings. The van der Waals surface area contributed by atoms with Crippen molar-refractivity contribution in [1.82, 2.24) is 14.9 Å². The zero-order chi connectivity index (χ0) is 12.1. The first-order chi connectivity index (χ1) is 7.50. The SMILES string of the molecule is CN(C)C(=O)CNc1ccnc(N(C)C)n1. The van der Waals surface area contributed by atoms with Crippen LogP contribution < -0.4 is 10.2 Å². The average Bonchev–Trinajstić information content (AvgIpc) is 2.26. The number of anilines is 2. The van der Waals surface area contributed by atoms with Crippen LogP contribution in [0.1, 0.15) is 0 Å². The van der Waals surface area contributed by atoms with E-state index in [-0.39, 0.29) is 12.5 Å². The zero-order valence-electron chi connectivity index (χ0n) is 10.1. The largest absolute Gasteiger partial charge is 0.361 e. The summed E-state index contributed by atoms with van der Waals surface area (Å²) >= 11 is 0. The fourth-order valence-corrected chi connectivity index (χ4v) is 0.987. The molecule has 1 rings (SSSR count). The molecule has 0 atom stereocenters. The summed E-state index contributed by atoms with van der Waals surface area (Å²) < 4.78 is 0. The number of likely N-dealkylation sites (N-methyl/N-ethyl adjacent to an activating group) is 1. The van der Waals surface area contributed by atoms with Gasteiger partial charge in [-0.15, -0.1) is 0 Å². The van der Waals surface area contributed by atoms with Gasteiger partial charge in [0, 0.05) is 34.4 Å². The molecule has 1 aromatic heterocycles. The van der Waals surface area contributed by atoms with Gasteiger partial charge in [-0.25, -0.2) is 4.98 Å². The van der Waals surface area contributed by atoms with Crippen LogP contribution in [0.25, 0.3) is 0 Å². The van der Waals surface area contributed by atoms with E-state index in [1.165, 1.54) is 4.90 Å². The number of nitrogens with zero attached hydrogens (tertiary/aromatic N) is 4. The number of hydrogen-bond donors (Lipinski definition) is 1. The van der Waals surface area contributed by atoms with Crippen molar-refractivity contribution in [2.24, 2.45) is 0 Å². The lowest BCUT2D eigenvalue weighted by molar-refractivity contribution is -0.126. The highest BCUT2D eigenvalue weighted by atomic mass is 16.2. The van der Waals surface area contributed by atoms with Gasteiger partial charge in [-0.05, 0) is 6.07 Å². The van der Waals surface area contributed by atoms with Gasteiger partial charge in [0.15, 0.2) is 0 Å². The Morgan fingerprint density at radius 3 is 2.62 bits per heavy atom. The molecule has 0 spiro atoms. The van der Waals surface area contributed by atoms with Crippen LogP contribution in [0.15, 0.2) is 12.3 Å². The van der Waals surface area contributed by atoms with Crippen molar-refractivity contribution >= 4 is 17.7 Å². The topological polar surface area (TPSA) is 61.4 Å². The lowest BCUT2D eigenvalue weighted by Gasteiger charge is -2.13. The molecule has 0 unspecified atom stereocenters. The predicted molar refractivity (Wildman–Crippen MR) is 63.5 cm³/mol. The third-order valence-corrected chi connectivity index (χ3v) is 1.96. The number of carbonyl (C=O) groups excluding carboxylic acids is 1. The van der Waals surface area contributed by atoms with Gasteiger partial charge in [-0.1, -0.05) is 0 Å². The maximum atomic E-state index is 11.3. The van der Waals surface area contributed by atoms with Crippen LogP contribution in [0.3, 0.4) is 0 Å². The van der Waals surface area contributed by atoms with Gasteiger partial charge in [-0.3, -0.25) is 4.79 Å². The van der Waals surface area contributed by atoms with Crippen LogP contribution in [-0.4, -0.2) is 55.5 Å². The lowest BCUT2D eigenvalue weighted by Crippen LogP contribution is -2.29. The van der Waals surface area contributed by atoms with E-state index in [1.807, 2.05) is 14.1 Å². The van der Waals surface area contributed by atoms with Crippen LogP contribution in [-0.2, 0) is 4.79 Å². The van der Waals surface area contributed by atoms with Gasteiger partial charge in [0.05, 0.1) is 6.54 Å². The minimum atomic E-state index is 0.00464. The van der Waals surface area contributed by atoms with Crippen molar-refractivity contribution in [3.05, 3.63) is 12.3 Å². The van der Waals surface area contributed by atoms with Crippen molar-refractivity contribution in [2.45, 2.75) is 0 Å². The van der Waals surface area contributed by atoms with E-state index in [0.29, 0.717) is 11.8 Å². The van der Waals surface area contributed by atoms with Gasteiger partial charge in [0.25, 0.3) is 0 Å².